The van der Waals surface area contributed by atoms with E-state index in [0.717, 1.165) is 0 Å². The van der Waals surface area contributed by atoms with Gasteiger partial charge in [-0.05, 0) is 29.8 Å². The van der Waals surface area contributed by atoms with Crippen LogP contribution in [0.1, 0.15) is 19.4 Å². The molecule has 0 amide bonds. The lowest BCUT2D eigenvalue weighted by molar-refractivity contribution is 0.445. The first-order valence-corrected chi connectivity index (χ1v) is 11.1. The van der Waals surface area contributed by atoms with Gasteiger partial charge >= 0.3 is 0 Å². The number of nitrogens with one attached hydrogen (secondary N) is 1. The molecule has 0 spiro atoms. The predicted octanol–water partition coefficient (Wildman–Crippen LogP) is 2.47. The number of hydrogen-bond donors (Lipinski definition) is 1. The molecule has 0 bridgehead atoms. The van der Waals surface area contributed by atoms with Crippen molar-refractivity contribution in [1.82, 2.24) is 9.03 Å². The van der Waals surface area contributed by atoms with E-state index < -0.39 is 36.6 Å². The van der Waals surface area contributed by atoms with Gasteiger partial charge in [-0.15, -0.1) is 0 Å². The molecule has 2 rings (SSSR count). The Labute approximate surface area is 157 Å². The van der Waals surface area contributed by atoms with Gasteiger partial charge in [-0.2, -0.15) is 4.31 Å². The monoisotopic (exact) mass is 418 g/mol. The molecule has 10 heteroatoms. The van der Waals surface area contributed by atoms with E-state index in [9.17, 15) is 25.6 Å². The lowest BCUT2D eigenvalue weighted by Gasteiger charge is -2.18. The molecule has 0 aromatic heterocycles. The first-order chi connectivity index (χ1) is 12.6. The van der Waals surface area contributed by atoms with Crippen LogP contribution in [0.3, 0.4) is 0 Å². The third-order valence-electron chi connectivity index (χ3n) is 3.88. The van der Waals surface area contributed by atoms with Gasteiger partial charge in [0.15, 0.2) is 0 Å². The summed E-state index contributed by atoms with van der Waals surface area (Å²) < 4.78 is 79.1. The number of hydrogen-bond acceptors (Lipinski definition) is 4. The van der Waals surface area contributed by atoms with Crippen LogP contribution in [0.25, 0.3) is 0 Å². The normalized spacial score (nSPS) is 12.5. The molecule has 0 aliphatic heterocycles. The maximum absolute atomic E-state index is 13.2. The second-order valence-electron chi connectivity index (χ2n) is 5.66. The zero-order chi connectivity index (χ0) is 20.2. The Bertz CT molecular complexity index is 983. The highest BCUT2D eigenvalue weighted by molar-refractivity contribution is 7.89. The van der Waals surface area contributed by atoms with Crippen molar-refractivity contribution in [3.8, 4) is 0 Å². The molecule has 0 heterocycles. The number of benzene rings is 2. The van der Waals surface area contributed by atoms with Gasteiger partial charge < -0.3 is 0 Å². The van der Waals surface area contributed by atoms with Crippen molar-refractivity contribution in [2.24, 2.45) is 0 Å². The molecule has 0 saturated carbocycles. The predicted molar refractivity (Wildman–Crippen MR) is 96.9 cm³/mol. The summed E-state index contributed by atoms with van der Waals surface area (Å²) in [7, 11) is -7.72. The summed E-state index contributed by atoms with van der Waals surface area (Å²) in [4.78, 5) is -0.425. The van der Waals surface area contributed by atoms with Crippen molar-refractivity contribution in [3.63, 3.8) is 0 Å². The highest BCUT2D eigenvalue weighted by Gasteiger charge is 2.21. The Morgan fingerprint density at radius 2 is 1.37 bits per heavy atom. The van der Waals surface area contributed by atoms with Crippen LogP contribution in [0.5, 0.6) is 0 Å². The van der Waals surface area contributed by atoms with Crippen LogP contribution >= 0.6 is 0 Å². The molecular formula is C17H20F2N2O4S2. The molecule has 0 aliphatic carbocycles. The lowest BCUT2D eigenvalue weighted by atomic mass is 10.2. The summed E-state index contributed by atoms with van der Waals surface area (Å²) in [5.41, 5.74) is 0.494. The second-order valence-corrected chi connectivity index (χ2v) is 9.37. The zero-order valence-corrected chi connectivity index (χ0v) is 16.4. The Morgan fingerprint density at radius 3 is 1.85 bits per heavy atom. The molecule has 0 atom stereocenters. The fourth-order valence-electron chi connectivity index (χ4n) is 2.44. The van der Waals surface area contributed by atoms with E-state index >= 15 is 0 Å². The van der Waals surface area contributed by atoms with E-state index in [1.54, 1.807) is 13.8 Å². The molecule has 0 unspecified atom stereocenters. The molecule has 1 N–H and O–H groups in total. The van der Waals surface area contributed by atoms with Crippen LogP contribution in [0, 0.1) is 11.6 Å². The first kappa shape index (κ1) is 21.4. The van der Waals surface area contributed by atoms with Crippen LogP contribution in [0.2, 0.25) is 0 Å². The first-order valence-electron chi connectivity index (χ1n) is 8.15. The minimum Gasteiger partial charge on any atom is -0.207 e. The molecule has 6 nitrogen and oxygen atoms in total. The summed E-state index contributed by atoms with van der Waals surface area (Å²) in [5, 5.41) is 0. The van der Waals surface area contributed by atoms with Gasteiger partial charge in [0.05, 0.1) is 9.79 Å². The Morgan fingerprint density at radius 1 is 0.852 bits per heavy atom. The van der Waals surface area contributed by atoms with Crippen LogP contribution in [-0.2, 0) is 26.6 Å². The van der Waals surface area contributed by atoms with Gasteiger partial charge in [-0.3, -0.25) is 0 Å². The minimum atomic E-state index is -4.12. The van der Waals surface area contributed by atoms with Gasteiger partial charge in [-0.1, -0.05) is 26.0 Å². The van der Waals surface area contributed by atoms with Crippen molar-refractivity contribution in [1.29, 1.82) is 0 Å². The summed E-state index contributed by atoms with van der Waals surface area (Å²) in [6, 6.07) is 7.73. The van der Waals surface area contributed by atoms with Crippen molar-refractivity contribution in [3.05, 3.63) is 59.7 Å². The van der Waals surface area contributed by atoms with Crippen LogP contribution in [0.4, 0.5) is 8.78 Å². The van der Waals surface area contributed by atoms with Gasteiger partial charge in [0, 0.05) is 25.7 Å². The quantitative estimate of drug-likeness (QED) is 0.714. The number of nitrogens with zero attached hydrogens (tertiary/aromatic N) is 1. The van der Waals surface area contributed by atoms with E-state index in [2.05, 4.69) is 4.72 Å². The molecule has 0 aliphatic rings. The van der Waals surface area contributed by atoms with E-state index in [1.807, 2.05) is 0 Å². The maximum Gasteiger partial charge on any atom is 0.243 e. The van der Waals surface area contributed by atoms with Gasteiger partial charge in [0.2, 0.25) is 20.0 Å². The molecule has 0 radical (unpaired) electrons. The largest absolute Gasteiger partial charge is 0.243 e. The molecule has 148 valence electrons. The van der Waals surface area contributed by atoms with E-state index in [-0.39, 0.29) is 11.4 Å². The Balaban J connectivity index is 2.15. The molecule has 27 heavy (non-hydrogen) atoms. The minimum absolute atomic E-state index is 0.102. The number of sulfonamides is 2. The fourth-order valence-corrected chi connectivity index (χ4v) is 4.95. The van der Waals surface area contributed by atoms with Crippen LogP contribution < -0.4 is 4.72 Å². The van der Waals surface area contributed by atoms with Crippen molar-refractivity contribution >= 4 is 20.0 Å². The van der Waals surface area contributed by atoms with Crippen LogP contribution in [0.15, 0.2) is 52.3 Å². The van der Waals surface area contributed by atoms with Gasteiger partial charge in [0.25, 0.3) is 0 Å². The lowest BCUT2D eigenvalue weighted by Crippen LogP contribution is -2.30. The fraction of sp³-hybridized carbons (Fsp3) is 0.294. The van der Waals surface area contributed by atoms with Crippen molar-refractivity contribution < 1.29 is 25.6 Å². The Kier molecular flexibility index (Phi) is 6.68. The number of halogens is 2. The van der Waals surface area contributed by atoms with E-state index in [4.69, 9.17) is 0 Å². The summed E-state index contributed by atoms with van der Waals surface area (Å²) in [6.07, 6.45) is 0. The SMILES string of the molecule is CCN(CC)S(=O)(=O)c1ccc(CNS(=O)(=O)c2cc(F)cc(F)c2)cc1. The average molecular weight is 418 g/mol. The van der Waals surface area contributed by atoms with Crippen LogP contribution in [-0.4, -0.2) is 34.2 Å². The molecule has 0 fully saturated rings. The average Bonchev–Trinajstić information content (AvgIpc) is 2.60. The summed E-state index contributed by atoms with van der Waals surface area (Å²) >= 11 is 0. The molecule has 0 saturated heterocycles. The highest BCUT2D eigenvalue weighted by Crippen LogP contribution is 2.17. The zero-order valence-electron chi connectivity index (χ0n) is 14.8. The van der Waals surface area contributed by atoms with Crippen molar-refractivity contribution in [2.75, 3.05) is 13.1 Å². The maximum atomic E-state index is 13.2. The second kappa shape index (κ2) is 8.42. The van der Waals surface area contributed by atoms with Gasteiger partial charge in [-0.25, -0.2) is 30.3 Å². The molecular weight excluding hydrogens is 398 g/mol. The standard InChI is InChI=1S/C17H20F2N2O4S2/c1-3-21(4-2)27(24,25)16-7-5-13(6-8-16)12-20-26(22,23)17-10-14(18)9-15(19)11-17/h5-11,20H,3-4,12H2,1-2H3. The third kappa shape index (κ3) is 5.10. The van der Waals surface area contributed by atoms with E-state index in [1.165, 1.54) is 28.6 Å². The molecule has 2 aromatic carbocycles. The topological polar surface area (TPSA) is 83.6 Å². The highest BCUT2D eigenvalue weighted by atomic mass is 32.2. The van der Waals surface area contributed by atoms with E-state index in [0.29, 0.717) is 36.9 Å². The van der Waals surface area contributed by atoms with Gasteiger partial charge in [0.1, 0.15) is 11.6 Å². The Hall–Kier alpha value is -1.88. The van der Waals surface area contributed by atoms with Crippen molar-refractivity contribution in [2.45, 2.75) is 30.2 Å². The third-order valence-corrected chi connectivity index (χ3v) is 7.32. The molecule has 2 aromatic rings. The smallest absolute Gasteiger partial charge is 0.207 e. The number of rotatable bonds is 8. The summed E-state index contributed by atoms with van der Waals surface area (Å²) in [5.74, 6) is -2.00. The summed E-state index contributed by atoms with van der Waals surface area (Å²) in [6.45, 7) is 3.99.